The summed E-state index contributed by atoms with van der Waals surface area (Å²) in [5.41, 5.74) is 1.95. The molecular formula is C29H28N2O6. The normalized spacial score (nSPS) is 16.6. The summed E-state index contributed by atoms with van der Waals surface area (Å²) in [5.74, 6) is -1.77. The van der Waals surface area contributed by atoms with Crippen molar-refractivity contribution >= 4 is 23.4 Å². The van der Waals surface area contributed by atoms with Gasteiger partial charge >= 0.3 is 5.97 Å². The SMILES string of the molecule is CCCCOc1cccc(/C(O)=C2\C(=O)C(=O)N(Cc3cccnc3)C2c2ccc(C(=O)OC)cc2)c1. The van der Waals surface area contributed by atoms with Gasteiger partial charge in [0, 0.05) is 24.5 Å². The summed E-state index contributed by atoms with van der Waals surface area (Å²) in [6.45, 7) is 2.70. The number of pyridine rings is 1. The van der Waals surface area contributed by atoms with Crippen LogP contribution in [0.4, 0.5) is 0 Å². The molecule has 3 aromatic rings. The van der Waals surface area contributed by atoms with Crippen LogP contribution in [0.1, 0.15) is 52.9 Å². The van der Waals surface area contributed by atoms with Gasteiger partial charge in [0.05, 0.1) is 30.9 Å². The number of methoxy groups -OCH3 is 1. The highest BCUT2D eigenvalue weighted by atomic mass is 16.5. The molecule has 190 valence electrons. The summed E-state index contributed by atoms with van der Waals surface area (Å²) in [6.07, 6.45) is 5.11. The predicted molar refractivity (Wildman–Crippen MR) is 137 cm³/mol. The van der Waals surface area contributed by atoms with Gasteiger partial charge in [0.25, 0.3) is 11.7 Å². The van der Waals surface area contributed by atoms with E-state index in [1.807, 2.05) is 0 Å². The van der Waals surface area contributed by atoms with Crippen molar-refractivity contribution in [1.82, 2.24) is 9.88 Å². The van der Waals surface area contributed by atoms with Gasteiger partial charge in [-0.25, -0.2) is 4.79 Å². The molecule has 0 saturated carbocycles. The van der Waals surface area contributed by atoms with Crippen molar-refractivity contribution < 1.29 is 29.0 Å². The van der Waals surface area contributed by atoms with Crippen LogP contribution in [0.5, 0.6) is 5.75 Å². The van der Waals surface area contributed by atoms with E-state index in [0.717, 1.165) is 18.4 Å². The molecule has 0 spiro atoms. The lowest BCUT2D eigenvalue weighted by Gasteiger charge is -2.25. The Morgan fingerprint density at radius 2 is 1.84 bits per heavy atom. The Labute approximate surface area is 215 Å². The predicted octanol–water partition coefficient (Wildman–Crippen LogP) is 4.67. The third-order valence-corrected chi connectivity index (χ3v) is 6.14. The molecule has 2 heterocycles. The van der Waals surface area contributed by atoms with Crippen LogP contribution in [0.2, 0.25) is 0 Å². The molecule has 0 radical (unpaired) electrons. The third kappa shape index (κ3) is 5.53. The minimum Gasteiger partial charge on any atom is -0.507 e. The maximum atomic E-state index is 13.3. The van der Waals surface area contributed by atoms with Gasteiger partial charge in [0.1, 0.15) is 11.5 Å². The van der Waals surface area contributed by atoms with Gasteiger partial charge in [0.15, 0.2) is 0 Å². The van der Waals surface area contributed by atoms with Crippen LogP contribution in [0.3, 0.4) is 0 Å². The average Bonchev–Trinajstić information content (AvgIpc) is 3.18. The number of benzene rings is 2. The van der Waals surface area contributed by atoms with E-state index in [9.17, 15) is 19.5 Å². The molecule has 0 bridgehead atoms. The zero-order valence-corrected chi connectivity index (χ0v) is 20.7. The number of aliphatic hydroxyl groups excluding tert-OH is 1. The maximum absolute atomic E-state index is 13.3. The number of nitrogens with zero attached hydrogens (tertiary/aromatic N) is 2. The average molecular weight is 501 g/mol. The summed E-state index contributed by atoms with van der Waals surface area (Å²) in [7, 11) is 1.29. The minimum absolute atomic E-state index is 0.0367. The van der Waals surface area contributed by atoms with Crippen LogP contribution < -0.4 is 4.74 Å². The van der Waals surface area contributed by atoms with Crippen LogP contribution in [0.15, 0.2) is 78.6 Å². The first-order valence-corrected chi connectivity index (χ1v) is 12.0. The van der Waals surface area contributed by atoms with Gasteiger partial charge in [-0.1, -0.05) is 43.7 Å². The first kappa shape index (κ1) is 25.6. The van der Waals surface area contributed by atoms with Gasteiger partial charge in [-0.05, 0) is 47.9 Å². The topological polar surface area (TPSA) is 106 Å². The number of esters is 1. The maximum Gasteiger partial charge on any atom is 0.337 e. The minimum atomic E-state index is -0.878. The van der Waals surface area contributed by atoms with Crippen LogP contribution in [0.25, 0.3) is 5.76 Å². The van der Waals surface area contributed by atoms with Crippen molar-refractivity contribution in [1.29, 1.82) is 0 Å². The number of likely N-dealkylation sites (tertiary alicyclic amines) is 1. The van der Waals surface area contributed by atoms with E-state index in [2.05, 4.69) is 11.9 Å². The number of aromatic nitrogens is 1. The Bertz CT molecular complexity index is 1320. The van der Waals surface area contributed by atoms with E-state index in [1.54, 1.807) is 73.1 Å². The van der Waals surface area contributed by atoms with Crippen molar-refractivity contribution in [2.45, 2.75) is 32.4 Å². The van der Waals surface area contributed by atoms with Gasteiger partial charge in [-0.3, -0.25) is 14.6 Å². The van der Waals surface area contributed by atoms with Crippen LogP contribution in [-0.2, 0) is 20.9 Å². The van der Waals surface area contributed by atoms with Crippen molar-refractivity contribution in [3.63, 3.8) is 0 Å². The number of amides is 1. The molecule has 8 nitrogen and oxygen atoms in total. The molecule has 1 fully saturated rings. The molecule has 1 unspecified atom stereocenters. The number of ketones is 1. The van der Waals surface area contributed by atoms with Crippen molar-refractivity contribution in [2.75, 3.05) is 13.7 Å². The largest absolute Gasteiger partial charge is 0.507 e. The van der Waals surface area contributed by atoms with E-state index in [1.165, 1.54) is 12.0 Å². The molecule has 8 heteroatoms. The quantitative estimate of drug-likeness (QED) is 0.150. The second-order valence-electron chi connectivity index (χ2n) is 8.63. The fraction of sp³-hybridized carbons (Fsp3) is 0.241. The van der Waals surface area contributed by atoms with Gasteiger partial charge in [0.2, 0.25) is 0 Å². The fourth-order valence-corrected chi connectivity index (χ4v) is 4.22. The van der Waals surface area contributed by atoms with E-state index < -0.39 is 23.7 Å². The summed E-state index contributed by atoms with van der Waals surface area (Å²) in [4.78, 5) is 43.9. The third-order valence-electron chi connectivity index (χ3n) is 6.14. The number of hydrogen-bond donors (Lipinski definition) is 1. The zero-order chi connectivity index (χ0) is 26.4. The van der Waals surface area contributed by atoms with Crippen LogP contribution in [-0.4, -0.2) is 46.4 Å². The monoisotopic (exact) mass is 500 g/mol. The Morgan fingerprint density at radius 3 is 2.51 bits per heavy atom. The lowest BCUT2D eigenvalue weighted by molar-refractivity contribution is -0.140. The van der Waals surface area contributed by atoms with Crippen molar-refractivity contribution in [3.05, 3.63) is 101 Å². The number of hydrogen-bond acceptors (Lipinski definition) is 7. The molecule has 4 rings (SSSR count). The number of Topliss-reactive ketones (excluding diaryl/α,β-unsaturated/α-hetero) is 1. The number of unbranched alkanes of at least 4 members (excludes halogenated alkanes) is 1. The van der Waals surface area contributed by atoms with Crippen LogP contribution in [0, 0.1) is 0 Å². The molecule has 1 aromatic heterocycles. The van der Waals surface area contributed by atoms with E-state index in [-0.39, 0.29) is 17.9 Å². The number of rotatable bonds is 9. The lowest BCUT2D eigenvalue weighted by atomic mass is 9.94. The number of aliphatic hydroxyl groups is 1. The highest BCUT2D eigenvalue weighted by Gasteiger charge is 2.46. The first-order chi connectivity index (χ1) is 17.9. The van der Waals surface area contributed by atoms with Gasteiger partial charge < -0.3 is 19.5 Å². The second kappa shape index (κ2) is 11.5. The first-order valence-electron chi connectivity index (χ1n) is 12.0. The highest BCUT2D eigenvalue weighted by Crippen LogP contribution is 2.40. The summed E-state index contributed by atoms with van der Waals surface area (Å²) >= 11 is 0. The molecule has 1 saturated heterocycles. The molecule has 1 N–H and O–H groups in total. The molecule has 1 aliphatic heterocycles. The molecule has 0 aliphatic carbocycles. The summed E-state index contributed by atoms with van der Waals surface area (Å²) in [6, 6.07) is 15.9. The number of ether oxygens (including phenoxy) is 2. The molecule has 1 amide bonds. The van der Waals surface area contributed by atoms with Gasteiger partial charge in [-0.2, -0.15) is 0 Å². The van der Waals surface area contributed by atoms with Crippen LogP contribution >= 0.6 is 0 Å². The van der Waals surface area contributed by atoms with E-state index >= 15 is 0 Å². The Hall–Kier alpha value is -4.46. The zero-order valence-electron chi connectivity index (χ0n) is 20.7. The Morgan fingerprint density at radius 1 is 1.05 bits per heavy atom. The Kier molecular flexibility index (Phi) is 7.98. The molecule has 37 heavy (non-hydrogen) atoms. The fourth-order valence-electron chi connectivity index (χ4n) is 4.22. The van der Waals surface area contributed by atoms with Crippen molar-refractivity contribution in [2.24, 2.45) is 0 Å². The Balaban J connectivity index is 1.79. The van der Waals surface area contributed by atoms with E-state index in [4.69, 9.17) is 9.47 Å². The molecular weight excluding hydrogens is 472 g/mol. The highest BCUT2D eigenvalue weighted by molar-refractivity contribution is 6.46. The number of carbonyl (C=O) groups excluding carboxylic acids is 3. The molecule has 1 aliphatic rings. The number of carbonyl (C=O) groups is 3. The van der Waals surface area contributed by atoms with Crippen molar-refractivity contribution in [3.8, 4) is 5.75 Å². The second-order valence-corrected chi connectivity index (χ2v) is 8.63. The molecule has 2 aromatic carbocycles. The van der Waals surface area contributed by atoms with E-state index in [0.29, 0.717) is 29.0 Å². The molecule has 1 atom stereocenters. The van der Waals surface area contributed by atoms with Gasteiger partial charge in [-0.15, -0.1) is 0 Å². The summed E-state index contributed by atoms with van der Waals surface area (Å²) < 4.78 is 10.5. The lowest BCUT2D eigenvalue weighted by Crippen LogP contribution is -2.29. The standard InChI is InChI=1S/C29H28N2O6/c1-3-4-15-37-23-9-5-8-22(16-23)26(32)24-25(20-10-12-21(13-11-20)29(35)36-2)31(28(34)27(24)33)18-19-7-6-14-30-17-19/h5-14,16-17,25,32H,3-4,15,18H2,1-2H3/b26-24+. The smallest absolute Gasteiger partial charge is 0.337 e. The summed E-state index contributed by atoms with van der Waals surface area (Å²) in [5, 5.41) is 11.3.